The van der Waals surface area contributed by atoms with Crippen LogP contribution in [0.4, 0.5) is 5.69 Å². The van der Waals surface area contributed by atoms with E-state index >= 15 is 0 Å². The summed E-state index contributed by atoms with van der Waals surface area (Å²) in [6.45, 7) is 1.67. The van der Waals surface area contributed by atoms with E-state index in [-0.39, 0.29) is 28.1 Å². The zero-order valence-corrected chi connectivity index (χ0v) is 18.9. The Morgan fingerprint density at radius 1 is 0.879 bits per heavy atom. The number of aryl methyl sites for hydroxylation is 1. The second kappa shape index (κ2) is 8.83. The van der Waals surface area contributed by atoms with E-state index < -0.39 is 10.0 Å². The third kappa shape index (κ3) is 4.46. The Labute approximate surface area is 190 Å². The monoisotopic (exact) mass is 467 g/mol. The van der Waals surface area contributed by atoms with Gasteiger partial charge in [0.1, 0.15) is 5.75 Å². The second-order valence-corrected chi connectivity index (χ2v) is 8.74. The van der Waals surface area contributed by atoms with Crippen molar-refractivity contribution in [3.8, 4) is 40.2 Å². The lowest BCUT2D eigenvalue weighted by atomic mass is 10.1. The van der Waals surface area contributed by atoms with Crippen LogP contribution >= 0.6 is 0 Å². The van der Waals surface area contributed by atoms with Gasteiger partial charge >= 0.3 is 0 Å². The Bertz CT molecular complexity index is 1420. The molecule has 33 heavy (non-hydrogen) atoms. The van der Waals surface area contributed by atoms with Crippen LogP contribution in [0.1, 0.15) is 5.56 Å². The summed E-state index contributed by atoms with van der Waals surface area (Å²) < 4.78 is 44.8. The van der Waals surface area contributed by atoms with Crippen LogP contribution in [-0.4, -0.2) is 37.9 Å². The molecule has 0 fully saturated rings. The summed E-state index contributed by atoms with van der Waals surface area (Å²) in [7, 11) is -0.922. The molecule has 2 N–H and O–H groups in total. The maximum Gasteiger partial charge on any atom is 0.262 e. The Kier molecular flexibility index (Phi) is 5.93. The third-order valence-electron chi connectivity index (χ3n) is 4.93. The molecule has 1 heterocycles. The number of benzene rings is 3. The zero-order chi connectivity index (χ0) is 23.6. The molecule has 0 aliphatic rings. The lowest BCUT2D eigenvalue weighted by Gasteiger charge is -2.12. The van der Waals surface area contributed by atoms with Gasteiger partial charge in [-0.1, -0.05) is 18.2 Å². The van der Waals surface area contributed by atoms with E-state index in [1.165, 1.54) is 25.3 Å². The molecule has 9 nitrogen and oxygen atoms in total. The van der Waals surface area contributed by atoms with Crippen molar-refractivity contribution in [3.05, 3.63) is 66.2 Å². The van der Waals surface area contributed by atoms with Crippen molar-refractivity contribution < 1.29 is 27.4 Å². The highest BCUT2D eigenvalue weighted by molar-refractivity contribution is 7.92. The molecule has 0 saturated carbocycles. The molecule has 10 heteroatoms. The molecule has 0 unspecified atom stereocenters. The molecule has 0 atom stereocenters. The highest BCUT2D eigenvalue weighted by Crippen LogP contribution is 2.34. The molecule has 3 aromatic carbocycles. The van der Waals surface area contributed by atoms with Crippen molar-refractivity contribution >= 4 is 15.7 Å². The highest BCUT2D eigenvalue weighted by Gasteiger charge is 2.21. The van der Waals surface area contributed by atoms with Crippen molar-refractivity contribution in [1.29, 1.82) is 0 Å². The maximum absolute atomic E-state index is 13.0. The number of hydrogen-bond donors (Lipinski definition) is 2. The number of rotatable bonds is 7. The number of hydrogen-bond acceptors (Lipinski definition) is 8. The number of phenols is 1. The van der Waals surface area contributed by atoms with Crippen LogP contribution in [0.25, 0.3) is 22.9 Å². The smallest absolute Gasteiger partial charge is 0.262 e. The van der Waals surface area contributed by atoms with E-state index in [4.69, 9.17) is 13.9 Å². The average molecular weight is 468 g/mol. The van der Waals surface area contributed by atoms with Crippen molar-refractivity contribution in [3.63, 3.8) is 0 Å². The number of phenolic OH excluding ortho intramolecular Hbond substituents is 1. The molecule has 1 aromatic heterocycles. The molecule has 4 rings (SSSR count). The van der Waals surface area contributed by atoms with Gasteiger partial charge in [0.05, 0.1) is 24.8 Å². The van der Waals surface area contributed by atoms with E-state index in [1.54, 1.807) is 56.5 Å². The molecular formula is C23H21N3O6S. The van der Waals surface area contributed by atoms with Gasteiger partial charge in [-0.05, 0) is 55.0 Å². The van der Waals surface area contributed by atoms with E-state index in [0.29, 0.717) is 28.2 Å². The lowest BCUT2D eigenvalue weighted by Crippen LogP contribution is -2.14. The molecule has 0 bridgehead atoms. The molecule has 0 aliphatic carbocycles. The molecule has 0 amide bonds. The fourth-order valence-electron chi connectivity index (χ4n) is 3.21. The first-order valence-corrected chi connectivity index (χ1v) is 11.3. The first-order valence-electron chi connectivity index (χ1n) is 9.80. The predicted octanol–water partition coefficient (Wildman–Crippen LogP) is 4.24. The minimum atomic E-state index is -3.99. The maximum atomic E-state index is 13.0. The van der Waals surface area contributed by atoms with Gasteiger partial charge in [-0.15, -0.1) is 10.2 Å². The van der Waals surface area contributed by atoms with Crippen LogP contribution in [0.2, 0.25) is 0 Å². The predicted molar refractivity (Wildman–Crippen MR) is 122 cm³/mol. The quantitative estimate of drug-likeness (QED) is 0.387. The number of nitrogens with zero attached hydrogens (tertiary/aromatic N) is 2. The van der Waals surface area contributed by atoms with Crippen molar-refractivity contribution in [2.75, 3.05) is 18.9 Å². The number of aromatic hydroxyl groups is 1. The highest BCUT2D eigenvalue weighted by atomic mass is 32.2. The van der Waals surface area contributed by atoms with E-state index in [1.807, 2.05) is 0 Å². The van der Waals surface area contributed by atoms with Crippen molar-refractivity contribution in [1.82, 2.24) is 10.2 Å². The summed E-state index contributed by atoms with van der Waals surface area (Å²) >= 11 is 0. The molecule has 4 aromatic rings. The SMILES string of the molecule is COc1ccc(-c2nnc(-c3ccc(C)c(S(=O)(=O)Nc4ccccc4O)c3)o2)cc1OC. The van der Waals surface area contributed by atoms with Crippen LogP contribution in [-0.2, 0) is 10.0 Å². The number of sulfonamides is 1. The van der Waals surface area contributed by atoms with Gasteiger partial charge < -0.3 is 19.0 Å². The van der Waals surface area contributed by atoms with Crippen LogP contribution in [0.15, 0.2) is 70.0 Å². The van der Waals surface area contributed by atoms with E-state index in [9.17, 15) is 13.5 Å². The number of ether oxygens (including phenoxy) is 2. The molecule has 0 radical (unpaired) electrons. The fourth-order valence-corrected chi connectivity index (χ4v) is 4.55. The Morgan fingerprint density at radius 2 is 1.52 bits per heavy atom. The summed E-state index contributed by atoms with van der Waals surface area (Å²) in [5, 5.41) is 18.1. The first-order chi connectivity index (χ1) is 15.8. The zero-order valence-electron chi connectivity index (χ0n) is 18.1. The van der Waals surface area contributed by atoms with Gasteiger partial charge in [-0.3, -0.25) is 4.72 Å². The Balaban J connectivity index is 1.68. The van der Waals surface area contributed by atoms with Gasteiger partial charge in [0.2, 0.25) is 11.8 Å². The number of nitrogens with one attached hydrogen (secondary N) is 1. The molecule has 0 spiro atoms. The van der Waals surface area contributed by atoms with Crippen LogP contribution in [0, 0.1) is 6.92 Å². The minimum absolute atomic E-state index is 0.0223. The molecule has 0 saturated heterocycles. The number of aromatic nitrogens is 2. The van der Waals surface area contributed by atoms with Gasteiger partial charge in [0.15, 0.2) is 11.5 Å². The van der Waals surface area contributed by atoms with E-state index in [0.717, 1.165) is 0 Å². The Morgan fingerprint density at radius 3 is 2.18 bits per heavy atom. The standard InChI is InChI=1S/C23H21N3O6S/c1-14-8-9-16(13-21(14)33(28,29)26-17-6-4-5-7-18(17)27)23-25-24-22(32-23)15-10-11-19(30-2)20(12-15)31-3/h4-13,26-27H,1-3H3. The minimum Gasteiger partial charge on any atom is -0.506 e. The van der Waals surface area contributed by atoms with Gasteiger partial charge in [-0.2, -0.15) is 0 Å². The summed E-state index contributed by atoms with van der Waals surface area (Å²) in [5.41, 5.74) is 1.64. The summed E-state index contributed by atoms with van der Waals surface area (Å²) in [5.74, 6) is 1.29. The lowest BCUT2D eigenvalue weighted by molar-refractivity contribution is 0.355. The van der Waals surface area contributed by atoms with Crippen LogP contribution in [0.3, 0.4) is 0 Å². The summed E-state index contributed by atoms with van der Waals surface area (Å²) in [6, 6.07) is 16.1. The topological polar surface area (TPSA) is 124 Å². The molecule has 0 aliphatic heterocycles. The van der Waals surface area contributed by atoms with Crippen LogP contribution < -0.4 is 14.2 Å². The number of para-hydroxylation sites is 2. The van der Waals surface area contributed by atoms with Crippen LogP contribution in [0.5, 0.6) is 17.2 Å². The van der Waals surface area contributed by atoms with Crippen molar-refractivity contribution in [2.45, 2.75) is 11.8 Å². The summed E-state index contributed by atoms with van der Waals surface area (Å²) in [6.07, 6.45) is 0. The second-order valence-electron chi connectivity index (χ2n) is 7.09. The van der Waals surface area contributed by atoms with Crippen molar-refractivity contribution in [2.24, 2.45) is 0 Å². The molecular weight excluding hydrogens is 446 g/mol. The summed E-state index contributed by atoms with van der Waals surface area (Å²) in [4.78, 5) is 0.0223. The number of anilines is 1. The fraction of sp³-hybridized carbons (Fsp3) is 0.130. The van der Waals surface area contributed by atoms with Gasteiger partial charge in [-0.25, -0.2) is 8.42 Å². The largest absolute Gasteiger partial charge is 0.506 e. The van der Waals surface area contributed by atoms with Gasteiger partial charge in [0.25, 0.3) is 10.0 Å². The van der Waals surface area contributed by atoms with Gasteiger partial charge in [0, 0.05) is 11.1 Å². The number of methoxy groups -OCH3 is 2. The normalized spacial score (nSPS) is 11.2. The first kappa shape index (κ1) is 22.2. The van der Waals surface area contributed by atoms with E-state index in [2.05, 4.69) is 14.9 Å². The average Bonchev–Trinajstić information content (AvgIpc) is 3.30. The molecule has 170 valence electrons. The Hall–Kier alpha value is -4.05. The third-order valence-corrected chi connectivity index (χ3v) is 6.44.